The maximum atomic E-state index is 11.7. The SMILES string of the molecule is Cc1ccccc1OCCNC(=O)C1CNCCO1. The predicted octanol–water partition coefficient (Wildman–Crippen LogP) is 0.478. The molecule has 2 rings (SSSR count). The zero-order chi connectivity index (χ0) is 13.5. The summed E-state index contributed by atoms with van der Waals surface area (Å²) >= 11 is 0. The number of carbonyl (C=O) groups excluding carboxylic acids is 1. The number of aryl methyl sites for hydroxylation is 1. The van der Waals surface area contributed by atoms with Crippen molar-refractivity contribution in [3.63, 3.8) is 0 Å². The van der Waals surface area contributed by atoms with E-state index in [0.29, 0.717) is 26.3 Å². The predicted molar refractivity (Wildman–Crippen MR) is 72.3 cm³/mol. The lowest BCUT2D eigenvalue weighted by atomic mass is 10.2. The molecule has 1 aromatic rings. The maximum Gasteiger partial charge on any atom is 0.250 e. The molecule has 0 spiro atoms. The van der Waals surface area contributed by atoms with E-state index >= 15 is 0 Å². The Balaban J connectivity index is 1.66. The number of para-hydroxylation sites is 1. The number of hydrogen-bond donors (Lipinski definition) is 2. The molecule has 1 aromatic carbocycles. The van der Waals surface area contributed by atoms with Crippen molar-refractivity contribution >= 4 is 5.91 Å². The molecule has 1 aliphatic rings. The normalized spacial score (nSPS) is 18.9. The lowest BCUT2D eigenvalue weighted by Crippen LogP contribution is -2.48. The van der Waals surface area contributed by atoms with Crippen LogP contribution in [0.5, 0.6) is 5.75 Å². The molecule has 0 aromatic heterocycles. The summed E-state index contributed by atoms with van der Waals surface area (Å²) in [5.74, 6) is 0.771. The Morgan fingerprint density at radius 3 is 3.11 bits per heavy atom. The maximum absolute atomic E-state index is 11.7. The van der Waals surface area contributed by atoms with Gasteiger partial charge in [0.1, 0.15) is 18.5 Å². The van der Waals surface area contributed by atoms with Gasteiger partial charge in [0.2, 0.25) is 0 Å². The lowest BCUT2D eigenvalue weighted by molar-refractivity contribution is -0.134. The highest BCUT2D eigenvalue weighted by Crippen LogP contribution is 2.15. The number of amides is 1. The molecular weight excluding hydrogens is 244 g/mol. The monoisotopic (exact) mass is 264 g/mol. The zero-order valence-electron chi connectivity index (χ0n) is 11.1. The molecule has 1 heterocycles. The van der Waals surface area contributed by atoms with Gasteiger partial charge in [-0.05, 0) is 18.6 Å². The minimum absolute atomic E-state index is 0.0828. The number of morpholine rings is 1. The third-order valence-corrected chi connectivity index (χ3v) is 2.97. The van der Waals surface area contributed by atoms with Gasteiger partial charge in [-0.3, -0.25) is 4.79 Å². The van der Waals surface area contributed by atoms with Crippen molar-refractivity contribution in [2.24, 2.45) is 0 Å². The summed E-state index contributed by atoms with van der Waals surface area (Å²) in [5, 5.41) is 5.94. The van der Waals surface area contributed by atoms with E-state index in [4.69, 9.17) is 9.47 Å². The molecule has 0 radical (unpaired) electrons. The molecule has 0 aliphatic carbocycles. The minimum Gasteiger partial charge on any atom is -0.491 e. The van der Waals surface area contributed by atoms with E-state index in [1.807, 2.05) is 31.2 Å². The van der Waals surface area contributed by atoms with Crippen molar-refractivity contribution in [1.29, 1.82) is 0 Å². The Morgan fingerprint density at radius 1 is 1.53 bits per heavy atom. The Morgan fingerprint density at radius 2 is 2.37 bits per heavy atom. The lowest BCUT2D eigenvalue weighted by Gasteiger charge is -2.22. The van der Waals surface area contributed by atoms with Gasteiger partial charge in [-0.15, -0.1) is 0 Å². The summed E-state index contributed by atoms with van der Waals surface area (Å²) < 4.78 is 11.0. The first-order valence-corrected chi connectivity index (χ1v) is 6.56. The fraction of sp³-hybridized carbons (Fsp3) is 0.500. The van der Waals surface area contributed by atoms with Crippen molar-refractivity contribution in [3.8, 4) is 5.75 Å². The van der Waals surface area contributed by atoms with Crippen molar-refractivity contribution < 1.29 is 14.3 Å². The van der Waals surface area contributed by atoms with Gasteiger partial charge in [0.25, 0.3) is 5.91 Å². The number of benzene rings is 1. The number of carbonyl (C=O) groups is 1. The van der Waals surface area contributed by atoms with Crippen LogP contribution < -0.4 is 15.4 Å². The van der Waals surface area contributed by atoms with Gasteiger partial charge in [0.05, 0.1) is 13.2 Å². The second-order valence-corrected chi connectivity index (χ2v) is 4.47. The molecule has 0 bridgehead atoms. The molecular formula is C14H20N2O3. The standard InChI is InChI=1S/C14H20N2O3/c1-11-4-2-3-5-12(11)18-9-7-16-14(17)13-10-15-6-8-19-13/h2-5,13,15H,6-10H2,1H3,(H,16,17). The van der Waals surface area contributed by atoms with Crippen LogP contribution in [0.1, 0.15) is 5.56 Å². The average Bonchev–Trinajstić information content (AvgIpc) is 2.46. The molecule has 1 aliphatic heterocycles. The second-order valence-electron chi connectivity index (χ2n) is 4.47. The van der Waals surface area contributed by atoms with E-state index in [1.54, 1.807) is 0 Å². The zero-order valence-corrected chi connectivity index (χ0v) is 11.1. The van der Waals surface area contributed by atoms with Crippen molar-refractivity contribution in [3.05, 3.63) is 29.8 Å². The van der Waals surface area contributed by atoms with Crippen LogP contribution in [0, 0.1) is 6.92 Å². The number of ether oxygens (including phenoxy) is 2. The van der Waals surface area contributed by atoms with E-state index in [2.05, 4.69) is 10.6 Å². The van der Waals surface area contributed by atoms with Gasteiger partial charge < -0.3 is 20.1 Å². The first kappa shape index (κ1) is 13.8. The molecule has 1 unspecified atom stereocenters. The second kappa shape index (κ2) is 7.11. The highest BCUT2D eigenvalue weighted by Gasteiger charge is 2.20. The third kappa shape index (κ3) is 4.22. The molecule has 5 heteroatoms. The Bertz CT molecular complexity index is 417. The van der Waals surface area contributed by atoms with Gasteiger partial charge in [0.15, 0.2) is 0 Å². The summed E-state index contributed by atoms with van der Waals surface area (Å²) in [6.07, 6.45) is -0.382. The van der Waals surface area contributed by atoms with Gasteiger partial charge in [-0.1, -0.05) is 18.2 Å². The Labute approximate surface area is 113 Å². The highest BCUT2D eigenvalue weighted by atomic mass is 16.5. The molecule has 1 atom stereocenters. The average molecular weight is 264 g/mol. The first-order chi connectivity index (χ1) is 9.27. The molecule has 5 nitrogen and oxygen atoms in total. The summed E-state index contributed by atoms with van der Waals surface area (Å²) in [6, 6.07) is 7.82. The Kier molecular flexibility index (Phi) is 5.18. The van der Waals surface area contributed by atoms with Gasteiger partial charge in [-0.2, -0.15) is 0 Å². The number of hydrogen-bond acceptors (Lipinski definition) is 4. The quantitative estimate of drug-likeness (QED) is 0.759. The molecule has 2 N–H and O–H groups in total. The summed E-state index contributed by atoms with van der Waals surface area (Å²) in [4.78, 5) is 11.7. The van der Waals surface area contributed by atoms with Crippen molar-refractivity contribution in [2.75, 3.05) is 32.8 Å². The molecule has 0 saturated carbocycles. The third-order valence-electron chi connectivity index (χ3n) is 2.97. The van der Waals surface area contributed by atoms with Crippen LogP contribution in [-0.4, -0.2) is 44.9 Å². The largest absolute Gasteiger partial charge is 0.491 e. The number of nitrogens with one attached hydrogen (secondary N) is 2. The fourth-order valence-electron chi connectivity index (χ4n) is 1.90. The van der Waals surface area contributed by atoms with Crippen molar-refractivity contribution in [2.45, 2.75) is 13.0 Å². The molecule has 19 heavy (non-hydrogen) atoms. The number of rotatable bonds is 5. The van der Waals surface area contributed by atoms with E-state index in [1.165, 1.54) is 0 Å². The van der Waals surface area contributed by atoms with Crippen molar-refractivity contribution in [1.82, 2.24) is 10.6 Å². The topological polar surface area (TPSA) is 59.6 Å². The van der Waals surface area contributed by atoms with E-state index < -0.39 is 0 Å². The van der Waals surface area contributed by atoms with Gasteiger partial charge in [0, 0.05) is 13.1 Å². The molecule has 1 fully saturated rings. The summed E-state index contributed by atoms with van der Waals surface area (Å²) in [5.41, 5.74) is 1.09. The van der Waals surface area contributed by atoms with Gasteiger partial charge in [-0.25, -0.2) is 0 Å². The Hall–Kier alpha value is -1.59. The van der Waals surface area contributed by atoms with E-state index in [0.717, 1.165) is 17.9 Å². The first-order valence-electron chi connectivity index (χ1n) is 6.56. The summed E-state index contributed by atoms with van der Waals surface area (Å²) in [7, 11) is 0. The van der Waals surface area contributed by atoms with E-state index in [9.17, 15) is 4.79 Å². The van der Waals surface area contributed by atoms with E-state index in [-0.39, 0.29) is 12.0 Å². The summed E-state index contributed by atoms with van der Waals surface area (Å²) in [6.45, 7) is 4.89. The minimum atomic E-state index is -0.382. The van der Waals surface area contributed by atoms with Crippen LogP contribution in [0.3, 0.4) is 0 Å². The molecule has 1 saturated heterocycles. The smallest absolute Gasteiger partial charge is 0.250 e. The fourth-order valence-corrected chi connectivity index (χ4v) is 1.90. The van der Waals surface area contributed by atoms with Crippen LogP contribution in [-0.2, 0) is 9.53 Å². The van der Waals surface area contributed by atoms with Crippen LogP contribution in [0.15, 0.2) is 24.3 Å². The van der Waals surface area contributed by atoms with Gasteiger partial charge >= 0.3 is 0 Å². The highest BCUT2D eigenvalue weighted by molar-refractivity contribution is 5.81. The molecule has 104 valence electrons. The molecule has 1 amide bonds. The van der Waals surface area contributed by atoms with Crippen LogP contribution >= 0.6 is 0 Å². The van der Waals surface area contributed by atoms with Crippen LogP contribution in [0.2, 0.25) is 0 Å². The van der Waals surface area contributed by atoms with Crippen LogP contribution in [0.4, 0.5) is 0 Å². The van der Waals surface area contributed by atoms with Crippen LogP contribution in [0.25, 0.3) is 0 Å².